The third-order valence-corrected chi connectivity index (χ3v) is 22.3. The molecule has 0 saturated carbocycles. The Kier molecular flexibility index (Phi) is 33.9. The number of aliphatic hydroxyl groups excluding tert-OH is 16. The van der Waals surface area contributed by atoms with Crippen molar-refractivity contribution in [2.75, 3.05) is 185 Å². The number of rotatable bonds is 54. The smallest absolute Gasteiger partial charge is 0.346 e. The maximum absolute atomic E-state index is 15.3. The molecule has 4 aliphatic rings. The first kappa shape index (κ1) is 97.8. The number of hydrogen-bond acceptors (Lipinski definition) is 38. The summed E-state index contributed by atoms with van der Waals surface area (Å²) >= 11 is 0. The van der Waals surface area contributed by atoms with E-state index in [1.807, 2.05) is 24.3 Å². The van der Waals surface area contributed by atoms with Crippen LogP contribution in [0.4, 0.5) is 0 Å². The SMILES string of the molecule is O=C1OC(=O)c2ccc3c4ccc5c6c(ccc(c7ccc1c2c73)c64)C(=O)OC5=O.O=C1c2ccc3c4ccc5c6c(ccc(c7ccc(c2c37)C(=O)N1C(COC(COCC(O)CO)COCC(O)CO)COC(COCC(O)CO)COCC(O)CO)c64)C(=O)N(C(COC(COCC(O)CO)COCC(O)CO)COC(COCC(O)CO)COCC(O)CO)C5=O. The van der Waals surface area contributed by atoms with E-state index >= 15 is 19.2 Å². The molecule has 0 aromatic heterocycles. The lowest BCUT2D eigenvalue weighted by Gasteiger charge is -2.36. The Morgan fingerprint density at radius 3 is 0.523 bits per heavy atom. The summed E-state index contributed by atoms with van der Waals surface area (Å²) in [4.78, 5) is 112. The molecular formula is C90H102N2O38. The molecule has 4 aliphatic heterocycles. The minimum Gasteiger partial charge on any atom is -0.394 e. The molecule has 0 saturated heterocycles. The molecule has 0 radical (unpaired) electrons. The molecule has 4 amide bonds. The van der Waals surface area contributed by atoms with Crippen LogP contribution in [0.5, 0.6) is 0 Å². The topological polar surface area (TPSA) is 596 Å². The third kappa shape index (κ3) is 21.6. The number of benzene rings is 10. The molecule has 0 bridgehead atoms. The second-order valence-corrected chi connectivity index (χ2v) is 31.7. The van der Waals surface area contributed by atoms with Gasteiger partial charge in [0.25, 0.3) is 23.6 Å². The average Bonchev–Trinajstić information content (AvgIpc) is 0.692. The zero-order valence-corrected chi connectivity index (χ0v) is 70.2. The van der Waals surface area contributed by atoms with Crippen LogP contribution in [-0.2, 0) is 66.3 Å². The predicted octanol–water partition coefficient (Wildman–Crippen LogP) is -1.48. The predicted molar refractivity (Wildman–Crippen MR) is 454 cm³/mol. The van der Waals surface area contributed by atoms with Gasteiger partial charge in [-0.1, -0.05) is 48.5 Å². The lowest BCUT2D eigenvalue weighted by molar-refractivity contribution is -0.113. The van der Waals surface area contributed by atoms with Crippen molar-refractivity contribution >= 4 is 134 Å². The summed E-state index contributed by atoms with van der Waals surface area (Å²) in [5.41, 5.74) is 1.66. The maximum Gasteiger partial charge on any atom is 0.346 e. The summed E-state index contributed by atoms with van der Waals surface area (Å²) in [6.07, 6.45) is -14.3. The number of esters is 4. The molecule has 10 aromatic rings. The van der Waals surface area contributed by atoms with E-state index in [1.54, 1.807) is 48.5 Å². The number of carbonyl (C=O) groups is 8. The Morgan fingerprint density at radius 2 is 0.362 bits per heavy atom. The molecule has 130 heavy (non-hydrogen) atoms. The van der Waals surface area contributed by atoms with Gasteiger partial charge < -0.3 is 148 Å². The molecule has 40 heteroatoms. The third-order valence-electron chi connectivity index (χ3n) is 22.3. The van der Waals surface area contributed by atoms with Gasteiger partial charge in [0.2, 0.25) is 0 Å². The molecule has 8 unspecified atom stereocenters. The van der Waals surface area contributed by atoms with Crippen LogP contribution in [0, 0.1) is 0 Å². The van der Waals surface area contributed by atoms with Gasteiger partial charge >= 0.3 is 23.9 Å². The largest absolute Gasteiger partial charge is 0.394 e. The van der Waals surface area contributed by atoms with E-state index in [9.17, 15) is 101 Å². The number of nitrogens with zero attached hydrogens (tertiary/aromatic N) is 2. The molecule has 8 atom stereocenters. The highest BCUT2D eigenvalue weighted by Crippen LogP contribution is 2.49. The fourth-order valence-corrected chi connectivity index (χ4v) is 16.0. The molecular weight excluding hydrogens is 1720 g/mol. The van der Waals surface area contributed by atoms with Crippen LogP contribution in [-0.4, -0.2) is 409 Å². The minimum absolute atomic E-state index is 0.0702. The molecule has 10 aromatic carbocycles. The Morgan fingerprint density at radius 1 is 0.208 bits per heavy atom. The van der Waals surface area contributed by atoms with E-state index in [0.29, 0.717) is 65.3 Å². The quantitative estimate of drug-likeness (QED) is 0.00680. The molecule has 40 nitrogen and oxygen atoms in total. The van der Waals surface area contributed by atoms with Crippen molar-refractivity contribution in [3.8, 4) is 0 Å². The van der Waals surface area contributed by atoms with Gasteiger partial charge in [-0.05, 0) is 113 Å². The van der Waals surface area contributed by atoms with Gasteiger partial charge in [0.15, 0.2) is 0 Å². The Labute approximate surface area is 738 Å². The number of fused-ring (bicyclic) bond motifs is 4. The van der Waals surface area contributed by atoms with Gasteiger partial charge in [-0.2, -0.15) is 0 Å². The van der Waals surface area contributed by atoms with Crippen LogP contribution in [0.1, 0.15) is 82.9 Å². The van der Waals surface area contributed by atoms with Crippen molar-refractivity contribution < 1.29 is 186 Å². The van der Waals surface area contributed by atoms with Gasteiger partial charge in [0, 0.05) is 43.8 Å². The highest BCUT2D eigenvalue weighted by Gasteiger charge is 2.44. The number of carbonyl (C=O) groups excluding carboxylic acids is 8. The molecule has 4 heterocycles. The highest BCUT2D eigenvalue weighted by molar-refractivity contribution is 6.43. The van der Waals surface area contributed by atoms with Crippen molar-refractivity contribution in [3.63, 3.8) is 0 Å². The fourth-order valence-electron chi connectivity index (χ4n) is 16.0. The van der Waals surface area contributed by atoms with Gasteiger partial charge in [-0.25, -0.2) is 19.2 Å². The average molecular weight is 1820 g/mol. The summed E-state index contributed by atoms with van der Waals surface area (Å²) in [5.74, 6) is -5.85. The normalized spacial score (nSPS) is 17.3. The maximum atomic E-state index is 15.3. The Hall–Kier alpha value is -9.76. The highest BCUT2D eigenvalue weighted by atomic mass is 16.6. The van der Waals surface area contributed by atoms with Crippen LogP contribution in [0.25, 0.3) is 86.2 Å². The van der Waals surface area contributed by atoms with Gasteiger partial charge in [-0.3, -0.25) is 29.0 Å². The van der Waals surface area contributed by atoms with Crippen molar-refractivity contribution in [1.82, 2.24) is 9.80 Å². The van der Waals surface area contributed by atoms with Crippen molar-refractivity contribution in [2.45, 2.75) is 85.3 Å². The number of amides is 4. The van der Waals surface area contributed by atoms with Crippen LogP contribution >= 0.6 is 0 Å². The van der Waals surface area contributed by atoms with Gasteiger partial charge in [0.05, 0.1) is 219 Å². The van der Waals surface area contributed by atoms with Gasteiger partial charge in [0.1, 0.15) is 73.2 Å². The minimum atomic E-state index is -1.31. The van der Waals surface area contributed by atoms with E-state index in [4.69, 9.17) is 66.3 Å². The van der Waals surface area contributed by atoms with Crippen LogP contribution in [0.15, 0.2) is 97.1 Å². The second kappa shape index (κ2) is 45.1. The monoisotopic (exact) mass is 1820 g/mol. The number of aliphatic hydroxyl groups is 16. The molecule has 16 N–H and O–H groups in total. The zero-order valence-electron chi connectivity index (χ0n) is 70.2. The summed E-state index contributed by atoms with van der Waals surface area (Å²) < 4.78 is 79.7. The molecule has 14 rings (SSSR count). The van der Waals surface area contributed by atoms with Crippen LogP contribution in [0.2, 0.25) is 0 Å². The first-order valence-corrected chi connectivity index (χ1v) is 41.9. The van der Waals surface area contributed by atoms with E-state index in [2.05, 4.69) is 0 Å². The lowest BCUT2D eigenvalue weighted by Crippen LogP contribution is -2.52. The van der Waals surface area contributed by atoms with Crippen LogP contribution in [0.3, 0.4) is 0 Å². The van der Waals surface area contributed by atoms with Gasteiger partial charge in [-0.15, -0.1) is 0 Å². The molecule has 0 spiro atoms. The summed E-state index contributed by atoms with van der Waals surface area (Å²) in [7, 11) is 0. The molecule has 700 valence electrons. The van der Waals surface area contributed by atoms with Crippen molar-refractivity contribution in [2.24, 2.45) is 0 Å². The van der Waals surface area contributed by atoms with Crippen molar-refractivity contribution in [1.29, 1.82) is 0 Å². The van der Waals surface area contributed by atoms with E-state index in [1.165, 1.54) is 24.3 Å². The van der Waals surface area contributed by atoms with Crippen LogP contribution < -0.4 is 0 Å². The fraction of sp³-hybridized carbons (Fsp3) is 0.467. The summed E-state index contributed by atoms with van der Waals surface area (Å²) in [6.45, 7) is -11.9. The van der Waals surface area contributed by atoms with E-state index < -0.39 is 212 Å². The lowest BCUT2D eigenvalue weighted by atomic mass is 9.82. The van der Waals surface area contributed by atoms with Crippen molar-refractivity contribution in [3.05, 3.63) is 142 Å². The number of cyclic esters (lactones) is 4. The second-order valence-electron chi connectivity index (χ2n) is 31.7. The Balaban J connectivity index is 0.000000395. The number of imide groups is 2. The number of ether oxygens (including phenoxy) is 14. The molecule has 0 fully saturated rings. The number of hydrogen-bond donors (Lipinski definition) is 16. The zero-order chi connectivity index (χ0) is 92.7. The van der Waals surface area contributed by atoms with E-state index in [0.717, 1.165) is 42.1 Å². The van der Waals surface area contributed by atoms with E-state index in [-0.39, 0.29) is 139 Å². The summed E-state index contributed by atoms with van der Waals surface area (Å²) in [5, 5.41) is 165. The first-order valence-electron chi connectivity index (χ1n) is 41.9. The molecule has 0 aliphatic carbocycles. The summed E-state index contributed by atoms with van der Waals surface area (Å²) in [6, 6.07) is 24.1. The standard InChI is InChI=1S/C66H94N2O32.C24H8O6/c69-9-39(77)21-89-29-47(30-90-22-40(78)10-70)97-17-37(18-98-48(31-91-23-41(79)11-71)32-92-24-42(80)12-72)67-63(85)55-5-1-51-52-2-6-57-62-58(8-4-54(60(52)62)53-3-7-56(64(67)86)61(55)59(51)53)66(88)68(65(57)87)38(19-99-49(33-93-25-43(81)13-73)34-94-26-44(82)14-74)20-100-50(35-95-27-45(83)15-75)36-96-28-46(84)16-76;25-21-13-5-1-9-10-2-6-15-20-16(24(28)30-23(15)27)8-4-12(18(10)20)11-3-7-14(22(26)29-21)19(13)17(9)11/h1-8,37-50,69-84H,9-36H2;1-8H. The Bertz CT molecular complexity index is 4950. The first-order chi connectivity index (χ1) is 62.8.